The van der Waals surface area contributed by atoms with Crippen molar-refractivity contribution in [1.29, 1.82) is 0 Å². The maximum atomic E-state index is 13.7. The van der Waals surface area contributed by atoms with E-state index in [2.05, 4.69) is 5.32 Å². The van der Waals surface area contributed by atoms with Crippen LogP contribution in [-0.4, -0.2) is 83.6 Å². The number of ether oxygens (including phenoxy) is 1. The monoisotopic (exact) mass is 446 g/mol. The van der Waals surface area contributed by atoms with Gasteiger partial charge in [0.1, 0.15) is 23.4 Å². The van der Waals surface area contributed by atoms with Crippen LogP contribution < -0.4 is 15.8 Å². The summed E-state index contributed by atoms with van der Waals surface area (Å²) in [5, 5.41) is 12.5. The summed E-state index contributed by atoms with van der Waals surface area (Å²) in [5.41, 5.74) is 5.76. The molecule has 2 fully saturated rings. The fourth-order valence-electron chi connectivity index (χ4n) is 4.88. The van der Waals surface area contributed by atoms with Crippen molar-refractivity contribution in [2.24, 2.45) is 5.73 Å². The van der Waals surface area contributed by atoms with Crippen molar-refractivity contribution in [3.05, 3.63) is 29.8 Å². The summed E-state index contributed by atoms with van der Waals surface area (Å²) in [5.74, 6) is -0.161. The van der Waals surface area contributed by atoms with E-state index in [4.69, 9.17) is 10.5 Å². The van der Waals surface area contributed by atoms with E-state index in [-0.39, 0.29) is 11.8 Å². The number of carbonyl (C=O) groups excluding carboxylic acids is 3. The number of aliphatic hydroxyl groups is 1. The number of aliphatic hydroxyl groups excluding tert-OH is 1. The van der Waals surface area contributed by atoms with Gasteiger partial charge in [-0.3, -0.25) is 14.4 Å². The molecule has 32 heavy (non-hydrogen) atoms. The number of nitrogens with two attached hydrogens (primary N) is 1. The summed E-state index contributed by atoms with van der Waals surface area (Å²) in [4.78, 5) is 42.8. The van der Waals surface area contributed by atoms with Crippen LogP contribution in [-0.2, 0) is 20.8 Å². The van der Waals surface area contributed by atoms with Gasteiger partial charge in [0.05, 0.1) is 13.2 Å². The first-order valence-corrected chi connectivity index (χ1v) is 11.2. The average Bonchev–Trinajstić information content (AvgIpc) is 3.45. The Hall–Kier alpha value is -2.65. The van der Waals surface area contributed by atoms with E-state index in [0.29, 0.717) is 45.2 Å². The molecular formula is C23H34N4O5. The van der Waals surface area contributed by atoms with E-state index in [1.165, 1.54) is 11.8 Å². The highest BCUT2D eigenvalue weighted by Crippen LogP contribution is 2.36. The smallest absolute Gasteiger partial charge is 0.246 e. The first kappa shape index (κ1) is 24.0. The van der Waals surface area contributed by atoms with Crippen molar-refractivity contribution >= 4 is 17.7 Å². The van der Waals surface area contributed by atoms with Crippen molar-refractivity contribution in [3.63, 3.8) is 0 Å². The normalized spacial score (nSPS) is 24.8. The van der Waals surface area contributed by atoms with Gasteiger partial charge < -0.3 is 30.7 Å². The number of likely N-dealkylation sites (tertiary alicyclic amines) is 2. The summed E-state index contributed by atoms with van der Waals surface area (Å²) in [6, 6.07) is 5.72. The molecule has 0 bridgehead atoms. The average molecular weight is 447 g/mol. The van der Waals surface area contributed by atoms with E-state index in [9.17, 15) is 19.5 Å². The van der Waals surface area contributed by atoms with Gasteiger partial charge in [-0.05, 0) is 50.3 Å². The summed E-state index contributed by atoms with van der Waals surface area (Å²) in [6.45, 7) is 2.32. The van der Waals surface area contributed by atoms with Crippen molar-refractivity contribution in [2.45, 2.75) is 62.8 Å². The second kappa shape index (κ2) is 9.87. The predicted octanol–water partition coefficient (Wildman–Crippen LogP) is 0.0440. The van der Waals surface area contributed by atoms with Crippen LogP contribution in [0, 0.1) is 0 Å². The standard InChI is InChI=1S/C23H34N4O5/c1-15(28)19(24)21(30)26-12-4-6-18(26)20(29)27-13-5-11-23(27,22(31)25-2)14-16-7-9-17(32-3)10-8-16/h7-10,15,18-19,28H,4-6,11-14,24H2,1-3H3,(H,25,31)/t15-,18+,19+,23-/m1/s1. The third-order valence-corrected chi connectivity index (χ3v) is 6.69. The highest BCUT2D eigenvalue weighted by atomic mass is 16.5. The molecule has 1 aromatic carbocycles. The molecule has 176 valence electrons. The Morgan fingerprint density at radius 3 is 2.53 bits per heavy atom. The molecule has 4 atom stereocenters. The van der Waals surface area contributed by atoms with Crippen LogP contribution in [0.3, 0.4) is 0 Å². The summed E-state index contributed by atoms with van der Waals surface area (Å²) < 4.78 is 5.22. The molecule has 0 spiro atoms. The maximum Gasteiger partial charge on any atom is 0.246 e. The lowest BCUT2D eigenvalue weighted by atomic mass is 9.86. The molecule has 0 aliphatic carbocycles. The summed E-state index contributed by atoms with van der Waals surface area (Å²) in [6.07, 6.45) is 1.79. The zero-order valence-corrected chi connectivity index (χ0v) is 19.0. The quantitative estimate of drug-likeness (QED) is 0.543. The first-order chi connectivity index (χ1) is 15.2. The highest BCUT2D eigenvalue weighted by Gasteiger charge is 2.52. The molecule has 1 aromatic rings. The molecule has 0 aromatic heterocycles. The molecule has 9 heteroatoms. The number of benzene rings is 1. The molecule has 2 aliphatic rings. The van der Waals surface area contributed by atoms with E-state index in [0.717, 1.165) is 11.3 Å². The van der Waals surface area contributed by atoms with Crippen molar-refractivity contribution in [1.82, 2.24) is 15.1 Å². The van der Waals surface area contributed by atoms with E-state index in [1.807, 2.05) is 24.3 Å². The fourth-order valence-corrected chi connectivity index (χ4v) is 4.88. The van der Waals surface area contributed by atoms with Gasteiger partial charge in [0.2, 0.25) is 17.7 Å². The number of amides is 3. The molecule has 0 radical (unpaired) electrons. The molecule has 0 unspecified atom stereocenters. The lowest BCUT2D eigenvalue weighted by Crippen LogP contribution is -2.62. The Labute approximate surface area is 188 Å². The zero-order valence-electron chi connectivity index (χ0n) is 19.0. The lowest BCUT2D eigenvalue weighted by Gasteiger charge is -2.40. The molecule has 0 saturated carbocycles. The van der Waals surface area contributed by atoms with Crippen LogP contribution in [0.1, 0.15) is 38.2 Å². The second-order valence-electron chi connectivity index (χ2n) is 8.69. The van der Waals surface area contributed by atoms with Gasteiger partial charge in [-0.25, -0.2) is 0 Å². The second-order valence-corrected chi connectivity index (χ2v) is 8.69. The third kappa shape index (κ3) is 4.45. The number of carbonyl (C=O) groups is 3. The Bertz CT molecular complexity index is 843. The highest BCUT2D eigenvalue weighted by molar-refractivity contribution is 5.96. The van der Waals surface area contributed by atoms with Crippen LogP contribution in [0.5, 0.6) is 5.75 Å². The van der Waals surface area contributed by atoms with Gasteiger partial charge in [-0.15, -0.1) is 0 Å². The summed E-state index contributed by atoms with van der Waals surface area (Å²) in [7, 11) is 3.17. The van der Waals surface area contributed by atoms with Crippen molar-refractivity contribution < 1.29 is 24.2 Å². The van der Waals surface area contributed by atoms with Gasteiger partial charge in [-0.1, -0.05) is 12.1 Å². The minimum absolute atomic E-state index is 0.212. The zero-order chi connectivity index (χ0) is 23.5. The van der Waals surface area contributed by atoms with Crippen molar-refractivity contribution in [2.75, 3.05) is 27.2 Å². The van der Waals surface area contributed by atoms with Crippen molar-refractivity contribution in [3.8, 4) is 5.75 Å². The minimum Gasteiger partial charge on any atom is -0.497 e. The largest absolute Gasteiger partial charge is 0.497 e. The van der Waals surface area contributed by atoms with E-state index < -0.39 is 29.6 Å². The van der Waals surface area contributed by atoms with Gasteiger partial charge in [0.25, 0.3) is 0 Å². The number of nitrogens with one attached hydrogen (secondary N) is 1. The number of rotatable bonds is 7. The molecule has 4 N–H and O–H groups in total. The first-order valence-electron chi connectivity index (χ1n) is 11.2. The van der Waals surface area contributed by atoms with E-state index >= 15 is 0 Å². The summed E-state index contributed by atoms with van der Waals surface area (Å²) >= 11 is 0. The van der Waals surface area contributed by atoms with E-state index in [1.54, 1.807) is 19.1 Å². The Balaban J connectivity index is 1.88. The van der Waals surface area contributed by atoms with Gasteiger partial charge in [0, 0.05) is 26.6 Å². The minimum atomic E-state index is -1.08. The topological polar surface area (TPSA) is 125 Å². The predicted molar refractivity (Wildman–Crippen MR) is 119 cm³/mol. The fraction of sp³-hybridized carbons (Fsp3) is 0.609. The Kier molecular flexibility index (Phi) is 7.40. The van der Waals surface area contributed by atoms with Crippen LogP contribution >= 0.6 is 0 Å². The molecule has 9 nitrogen and oxygen atoms in total. The molecule has 2 heterocycles. The Morgan fingerprint density at radius 2 is 1.94 bits per heavy atom. The number of methoxy groups -OCH3 is 1. The SMILES string of the molecule is CNC(=O)[C@]1(Cc2ccc(OC)cc2)CCCN1C(=O)[C@@H]1CCCN1C(=O)[C@@H](N)[C@@H](C)O. The number of likely N-dealkylation sites (N-methyl/N-ethyl adjacent to an activating group) is 1. The number of hydrogen-bond donors (Lipinski definition) is 3. The molecule has 3 amide bonds. The number of nitrogens with zero attached hydrogens (tertiary/aromatic N) is 2. The maximum absolute atomic E-state index is 13.7. The lowest BCUT2D eigenvalue weighted by molar-refractivity contribution is -0.152. The third-order valence-electron chi connectivity index (χ3n) is 6.69. The van der Waals surface area contributed by atoms with Crippen LogP contribution in [0.2, 0.25) is 0 Å². The van der Waals surface area contributed by atoms with Crippen LogP contribution in [0.15, 0.2) is 24.3 Å². The molecule has 2 aliphatic heterocycles. The van der Waals surface area contributed by atoms with Gasteiger partial charge >= 0.3 is 0 Å². The number of hydrogen-bond acceptors (Lipinski definition) is 6. The van der Waals surface area contributed by atoms with Gasteiger partial charge in [0.15, 0.2) is 0 Å². The molecule has 3 rings (SSSR count). The Morgan fingerprint density at radius 1 is 1.25 bits per heavy atom. The van der Waals surface area contributed by atoms with Crippen LogP contribution in [0.25, 0.3) is 0 Å². The van der Waals surface area contributed by atoms with Crippen LogP contribution in [0.4, 0.5) is 0 Å². The molecular weight excluding hydrogens is 412 g/mol. The van der Waals surface area contributed by atoms with Gasteiger partial charge in [-0.2, -0.15) is 0 Å². The molecule has 2 saturated heterocycles.